The number of hydrogen-bond acceptors (Lipinski definition) is 4. The van der Waals surface area contributed by atoms with Crippen LogP contribution >= 0.6 is 0 Å². The number of rotatable bonds is 5. The number of amides is 1. The van der Waals surface area contributed by atoms with Crippen LogP contribution in [0.25, 0.3) is 0 Å². The number of nitrogens with zero attached hydrogens (tertiary/aromatic N) is 2. The molecule has 0 saturated carbocycles. The lowest BCUT2D eigenvalue weighted by atomic mass is 10.2. The lowest BCUT2D eigenvalue weighted by Crippen LogP contribution is -2.34. The number of hydrogen-bond donors (Lipinski definition) is 1. The highest BCUT2D eigenvalue weighted by molar-refractivity contribution is 7.89. The lowest BCUT2D eigenvalue weighted by Gasteiger charge is -2.17. The van der Waals surface area contributed by atoms with Crippen molar-refractivity contribution in [3.05, 3.63) is 60.2 Å². The van der Waals surface area contributed by atoms with Crippen molar-refractivity contribution in [2.45, 2.75) is 4.90 Å². The van der Waals surface area contributed by atoms with E-state index in [1.807, 2.05) is 12.1 Å². The zero-order valence-corrected chi connectivity index (χ0v) is 13.2. The third-order valence-electron chi connectivity index (χ3n) is 3.12. The van der Waals surface area contributed by atoms with Crippen LogP contribution in [0.2, 0.25) is 0 Å². The van der Waals surface area contributed by atoms with Crippen molar-refractivity contribution in [3.63, 3.8) is 0 Å². The van der Waals surface area contributed by atoms with Gasteiger partial charge in [0.25, 0.3) is 0 Å². The van der Waals surface area contributed by atoms with Gasteiger partial charge >= 0.3 is 0 Å². The Hall–Kier alpha value is -2.69. The zero-order chi connectivity index (χ0) is 16.9. The van der Waals surface area contributed by atoms with Crippen molar-refractivity contribution in [2.75, 3.05) is 18.9 Å². The summed E-state index contributed by atoms with van der Waals surface area (Å²) < 4.78 is 25.7. The van der Waals surface area contributed by atoms with Crippen molar-refractivity contribution in [2.24, 2.45) is 0 Å². The van der Waals surface area contributed by atoms with Gasteiger partial charge in [0.1, 0.15) is 0 Å². The van der Waals surface area contributed by atoms with E-state index >= 15 is 0 Å². The molecule has 6 nitrogen and oxygen atoms in total. The summed E-state index contributed by atoms with van der Waals surface area (Å²) in [6, 6.07) is 16.2. The van der Waals surface area contributed by atoms with E-state index in [9.17, 15) is 13.2 Å². The number of para-hydroxylation sites is 1. The number of likely N-dealkylation sites (N-methyl/N-ethyl adjacent to an activating group) is 1. The van der Waals surface area contributed by atoms with E-state index < -0.39 is 15.9 Å². The molecular formula is C16H15N3O3S. The van der Waals surface area contributed by atoms with E-state index in [2.05, 4.69) is 5.32 Å². The Balaban J connectivity index is 2.07. The summed E-state index contributed by atoms with van der Waals surface area (Å²) in [5.74, 6) is -0.434. The molecule has 0 fully saturated rings. The van der Waals surface area contributed by atoms with Crippen LogP contribution in [0.3, 0.4) is 0 Å². The fourth-order valence-electron chi connectivity index (χ4n) is 1.89. The molecule has 2 aromatic carbocycles. The maximum atomic E-state index is 12.4. The first-order chi connectivity index (χ1) is 10.9. The third kappa shape index (κ3) is 4.16. The maximum absolute atomic E-state index is 12.4. The van der Waals surface area contributed by atoms with E-state index in [0.717, 1.165) is 4.31 Å². The Morgan fingerprint density at radius 2 is 1.74 bits per heavy atom. The first-order valence-corrected chi connectivity index (χ1v) is 8.19. The average Bonchev–Trinajstić information content (AvgIpc) is 2.55. The Morgan fingerprint density at radius 3 is 2.30 bits per heavy atom. The van der Waals surface area contributed by atoms with Crippen molar-refractivity contribution < 1.29 is 13.2 Å². The Labute approximate surface area is 135 Å². The van der Waals surface area contributed by atoms with Crippen molar-refractivity contribution >= 4 is 21.6 Å². The highest BCUT2D eigenvalue weighted by Gasteiger charge is 2.22. The minimum Gasteiger partial charge on any atom is -0.325 e. The summed E-state index contributed by atoms with van der Waals surface area (Å²) in [6.45, 7) is -0.308. The van der Waals surface area contributed by atoms with Gasteiger partial charge in [0.05, 0.1) is 23.1 Å². The Morgan fingerprint density at radius 1 is 1.13 bits per heavy atom. The lowest BCUT2D eigenvalue weighted by molar-refractivity contribution is -0.116. The van der Waals surface area contributed by atoms with Gasteiger partial charge in [0.15, 0.2) is 0 Å². The molecule has 1 amide bonds. The van der Waals surface area contributed by atoms with Crippen LogP contribution in [0.1, 0.15) is 5.56 Å². The van der Waals surface area contributed by atoms with Crippen molar-refractivity contribution in [1.82, 2.24) is 4.31 Å². The van der Waals surface area contributed by atoms with E-state index in [1.54, 1.807) is 24.3 Å². The van der Waals surface area contributed by atoms with Gasteiger partial charge in [0, 0.05) is 12.7 Å². The molecule has 2 aromatic rings. The first kappa shape index (κ1) is 16.7. The van der Waals surface area contributed by atoms with Crippen LogP contribution in [0.15, 0.2) is 59.5 Å². The normalized spacial score (nSPS) is 11.0. The van der Waals surface area contributed by atoms with Crippen LogP contribution in [0.4, 0.5) is 5.69 Å². The van der Waals surface area contributed by atoms with Gasteiger partial charge in [-0.15, -0.1) is 0 Å². The van der Waals surface area contributed by atoms with E-state index in [4.69, 9.17) is 5.26 Å². The number of benzene rings is 2. The second-order valence-electron chi connectivity index (χ2n) is 4.81. The molecule has 0 unspecified atom stereocenters. The third-order valence-corrected chi connectivity index (χ3v) is 4.93. The van der Waals surface area contributed by atoms with E-state index in [-0.39, 0.29) is 11.4 Å². The quantitative estimate of drug-likeness (QED) is 0.906. The predicted molar refractivity (Wildman–Crippen MR) is 86.0 cm³/mol. The van der Waals surface area contributed by atoms with Crippen LogP contribution in [-0.4, -0.2) is 32.2 Å². The summed E-state index contributed by atoms with van der Waals surface area (Å²) in [7, 11) is -2.46. The SMILES string of the molecule is CN(CC(=O)Nc1ccccc1)S(=O)(=O)c1ccc(C#N)cc1. The first-order valence-electron chi connectivity index (χ1n) is 6.75. The topological polar surface area (TPSA) is 90.3 Å². The molecule has 0 aromatic heterocycles. The molecule has 0 saturated heterocycles. The summed E-state index contributed by atoms with van der Waals surface area (Å²) in [6.07, 6.45) is 0. The molecule has 0 radical (unpaired) electrons. The molecule has 118 valence electrons. The Bertz CT molecular complexity index is 825. The van der Waals surface area contributed by atoms with Gasteiger partial charge in [-0.3, -0.25) is 4.79 Å². The van der Waals surface area contributed by atoms with E-state index in [0.29, 0.717) is 11.3 Å². The fraction of sp³-hybridized carbons (Fsp3) is 0.125. The minimum absolute atomic E-state index is 0.0338. The van der Waals surface area contributed by atoms with Crippen LogP contribution < -0.4 is 5.32 Å². The molecule has 0 bridgehead atoms. The summed E-state index contributed by atoms with van der Waals surface area (Å²) in [5, 5.41) is 11.4. The highest BCUT2D eigenvalue weighted by Crippen LogP contribution is 2.15. The number of carbonyl (C=O) groups excluding carboxylic acids is 1. The van der Waals surface area contributed by atoms with Crippen LogP contribution in [0, 0.1) is 11.3 Å². The zero-order valence-electron chi connectivity index (χ0n) is 12.4. The number of nitriles is 1. The van der Waals surface area contributed by atoms with Gasteiger partial charge in [-0.05, 0) is 36.4 Å². The number of sulfonamides is 1. The summed E-state index contributed by atoms with van der Waals surface area (Å²) >= 11 is 0. The average molecular weight is 329 g/mol. The second kappa shape index (κ2) is 7.05. The molecule has 0 aliphatic heterocycles. The standard InChI is InChI=1S/C16H15N3O3S/c1-19(12-16(20)18-14-5-3-2-4-6-14)23(21,22)15-9-7-13(11-17)8-10-15/h2-10H,12H2,1H3,(H,18,20). The molecule has 0 aliphatic carbocycles. The summed E-state index contributed by atoms with van der Waals surface area (Å²) in [5.41, 5.74) is 0.968. The van der Waals surface area contributed by atoms with E-state index in [1.165, 1.54) is 31.3 Å². The molecular weight excluding hydrogens is 314 g/mol. The maximum Gasteiger partial charge on any atom is 0.243 e. The predicted octanol–water partition coefficient (Wildman–Crippen LogP) is 1.82. The largest absolute Gasteiger partial charge is 0.325 e. The molecule has 0 atom stereocenters. The van der Waals surface area contributed by atoms with Gasteiger partial charge in [-0.2, -0.15) is 9.57 Å². The van der Waals surface area contributed by atoms with Gasteiger partial charge < -0.3 is 5.32 Å². The van der Waals surface area contributed by atoms with Gasteiger partial charge in [-0.1, -0.05) is 18.2 Å². The van der Waals surface area contributed by atoms with Gasteiger partial charge in [-0.25, -0.2) is 8.42 Å². The minimum atomic E-state index is -3.79. The number of carbonyl (C=O) groups is 1. The monoisotopic (exact) mass is 329 g/mol. The number of anilines is 1. The molecule has 1 N–H and O–H groups in total. The van der Waals surface area contributed by atoms with Crippen molar-refractivity contribution in [1.29, 1.82) is 5.26 Å². The smallest absolute Gasteiger partial charge is 0.243 e. The Kier molecular flexibility index (Phi) is 5.11. The molecule has 23 heavy (non-hydrogen) atoms. The molecule has 0 heterocycles. The highest BCUT2D eigenvalue weighted by atomic mass is 32.2. The summed E-state index contributed by atoms with van der Waals surface area (Å²) in [4.78, 5) is 12.0. The number of nitrogens with one attached hydrogen (secondary N) is 1. The second-order valence-corrected chi connectivity index (χ2v) is 6.86. The molecule has 0 aliphatic rings. The molecule has 0 spiro atoms. The van der Waals surface area contributed by atoms with Crippen LogP contribution in [-0.2, 0) is 14.8 Å². The molecule has 7 heteroatoms. The fourth-order valence-corrected chi connectivity index (χ4v) is 3.02. The van der Waals surface area contributed by atoms with Crippen LogP contribution in [0.5, 0.6) is 0 Å². The van der Waals surface area contributed by atoms with Crippen molar-refractivity contribution in [3.8, 4) is 6.07 Å². The van der Waals surface area contributed by atoms with Gasteiger partial charge in [0.2, 0.25) is 15.9 Å². The molecule has 2 rings (SSSR count).